The van der Waals surface area contributed by atoms with Crippen LogP contribution in [0.3, 0.4) is 0 Å². The van der Waals surface area contributed by atoms with Crippen LogP contribution in [0.5, 0.6) is 0 Å². The van der Waals surface area contributed by atoms with Gasteiger partial charge in [-0.2, -0.15) is 5.10 Å². The molecular formula is C10H14N2O2. The molecule has 0 spiro atoms. The number of aromatic nitrogens is 2. The van der Waals surface area contributed by atoms with Crippen molar-refractivity contribution in [2.24, 2.45) is 0 Å². The summed E-state index contributed by atoms with van der Waals surface area (Å²) in [5.74, 6) is 0.193. The number of hydrogen-bond donors (Lipinski definition) is 0. The lowest BCUT2D eigenvalue weighted by Crippen LogP contribution is -2.21. The zero-order chi connectivity index (χ0) is 10.4. The Balaban J connectivity index is 2.35. The van der Waals surface area contributed by atoms with Crippen LogP contribution in [0, 0.1) is 0 Å². The molecule has 0 aromatic carbocycles. The summed E-state index contributed by atoms with van der Waals surface area (Å²) in [6, 6.07) is 3.10. The van der Waals surface area contributed by atoms with Gasteiger partial charge in [0.15, 0.2) is 0 Å². The molecule has 0 amide bonds. The van der Waals surface area contributed by atoms with Crippen molar-refractivity contribution in [1.82, 2.24) is 9.78 Å². The molecule has 76 valence electrons. The van der Waals surface area contributed by atoms with Gasteiger partial charge in [0.05, 0.1) is 0 Å². The number of Topliss-reactive ketones (excluding diaryl/α,β-unsaturated/α-hetero) is 1. The molecule has 1 aromatic heterocycles. The van der Waals surface area contributed by atoms with Crippen LogP contribution in [0.25, 0.3) is 0 Å². The van der Waals surface area contributed by atoms with Crippen LogP contribution in [-0.2, 0) is 11.3 Å². The fourth-order valence-electron chi connectivity index (χ4n) is 1.19. The first-order valence-electron chi connectivity index (χ1n) is 4.72. The molecule has 0 aliphatic rings. The first kappa shape index (κ1) is 10.6. The molecule has 4 nitrogen and oxygen atoms in total. The highest BCUT2D eigenvalue weighted by atomic mass is 16.1. The smallest absolute Gasteiger partial charge is 0.266 e. The molecule has 0 radical (unpaired) electrons. The molecule has 1 rings (SSSR count). The van der Waals surface area contributed by atoms with Crippen molar-refractivity contribution in [2.45, 2.75) is 32.7 Å². The predicted molar refractivity (Wildman–Crippen MR) is 53.0 cm³/mol. The van der Waals surface area contributed by atoms with E-state index in [1.165, 1.54) is 10.7 Å². The van der Waals surface area contributed by atoms with Crippen LogP contribution in [0.1, 0.15) is 26.2 Å². The van der Waals surface area contributed by atoms with Gasteiger partial charge in [0.2, 0.25) is 0 Å². The van der Waals surface area contributed by atoms with E-state index in [1.54, 1.807) is 19.2 Å². The van der Waals surface area contributed by atoms with E-state index in [9.17, 15) is 9.59 Å². The summed E-state index contributed by atoms with van der Waals surface area (Å²) >= 11 is 0. The van der Waals surface area contributed by atoms with Crippen molar-refractivity contribution < 1.29 is 4.79 Å². The fourth-order valence-corrected chi connectivity index (χ4v) is 1.19. The number of carbonyl (C=O) groups excluding carboxylic acids is 1. The fraction of sp³-hybridized carbons (Fsp3) is 0.500. The highest BCUT2D eigenvalue weighted by Crippen LogP contribution is 1.97. The second kappa shape index (κ2) is 5.32. The summed E-state index contributed by atoms with van der Waals surface area (Å²) in [5.41, 5.74) is -0.0877. The highest BCUT2D eigenvalue weighted by molar-refractivity contribution is 5.75. The minimum atomic E-state index is -0.0877. The molecule has 1 heterocycles. The third-order valence-corrected chi connectivity index (χ3v) is 1.93. The zero-order valence-corrected chi connectivity index (χ0v) is 8.27. The third-order valence-electron chi connectivity index (χ3n) is 1.93. The Morgan fingerprint density at radius 2 is 2.29 bits per heavy atom. The van der Waals surface area contributed by atoms with E-state index in [0.29, 0.717) is 13.0 Å². The monoisotopic (exact) mass is 194 g/mol. The topological polar surface area (TPSA) is 52.0 Å². The molecule has 0 fully saturated rings. The van der Waals surface area contributed by atoms with E-state index in [1.807, 2.05) is 0 Å². The van der Waals surface area contributed by atoms with Gasteiger partial charge < -0.3 is 4.79 Å². The van der Waals surface area contributed by atoms with E-state index >= 15 is 0 Å². The molecule has 0 atom stereocenters. The Bertz CT molecular complexity index is 357. The van der Waals surface area contributed by atoms with Gasteiger partial charge in [-0.3, -0.25) is 4.79 Å². The van der Waals surface area contributed by atoms with E-state index in [0.717, 1.165) is 12.8 Å². The van der Waals surface area contributed by atoms with Crippen molar-refractivity contribution in [3.63, 3.8) is 0 Å². The van der Waals surface area contributed by atoms with Crippen molar-refractivity contribution in [3.05, 3.63) is 28.7 Å². The minimum absolute atomic E-state index is 0.0877. The number of aryl methyl sites for hydroxylation is 1. The Labute approximate surface area is 82.6 Å². The van der Waals surface area contributed by atoms with Crippen molar-refractivity contribution in [2.75, 3.05) is 0 Å². The molecule has 0 bridgehead atoms. The number of carbonyl (C=O) groups is 1. The second-order valence-electron chi connectivity index (χ2n) is 3.24. The molecule has 0 aliphatic carbocycles. The van der Waals surface area contributed by atoms with Crippen LogP contribution < -0.4 is 5.56 Å². The summed E-state index contributed by atoms with van der Waals surface area (Å²) in [4.78, 5) is 21.8. The first-order chi connectivity index (χ1) is 6.70. The predicted octanol–water partition coefficient (Wildman–Crippen LogP) is 1.00. The summed E-state index contributed by atoms with van der Waals surface area (Å²) in [6.45, 7) is 2.17. The SMILES string of the molecule is CC(=O)CCCCn1ncccc1=O. The first-order valence-corrected chi connectivity index (χ1v) is 4.72. The van der Waals surface area contributed by atoms with Gasteiger partial charge in [0, 0.05) is 25.2 Å². The van der Waals surface area contributed by atoms with Crippen LogP contribution in [-0.4, -0.2) is 15.6 Å². The van der Waals surface area contributed by atoms with Gasteiger partial charge in [0.25, 0.3) is 5.56 Å². The maximum absolute atomic E-state index is 11.2. The Hall–Kier alpha value is -1.45. The number of nitrogens with zero attached hydrogens (tertiary/aromatic N) is 2. The Morgan fingerprint density at radius 3 is 2.93 bits per heavy atom. The van der Waals surface area contributed by atoms with Gasteiger partial charge in [0.1, 0.15) is 5.78 Å². The number of hydrogen-bond acceptors (Lipinski definition) is 3. The molecule has 0 unspecified atom stereocenters. The van der Waals surface area contributed by atoms with Gasteiger partial charge in [-0.1, -0.05) is 0 Å². The zero-order valence-electron chi connectivity index (χ0n) is 8.27. The summed E-state index contributed by atoms with van der Waals surface area (Å²) in [7, 11) is 0. The molecule has 0 saturated carbocycles. The van der Waals surface area contributed by atoms with E-state index in [2.05, 4.69) is 5.10 Å². The Kier molecular flexibility index (Phi) is 4.04. The second-order valence-corrected chi connectivity index (χ2v) is 3.24. The molecule has 4 heteroatoms. The van der Waals surface area contributed by atoms with E-state index in [4.69, 9.17) is 0 Å². The van der Waals surface area contributed by atoms with Crippen LogP contribution in [0.4, 0.5) is 0 Å². The maximum Gasteiger partial charge on any atom is 0.266 e. The standard InChI is InChI=1S/C10H14N2O2/c1-9(13)5-2-3-8-12-10(14)6-4-7-11-12/h4,6-7H,2-3,5,8H2,1H3. The third kappa shape index (κ3) is 3.51. The number of rotatable bonds is 5. The van der Waals surface area contributed by atoms with Gasteiger partial charge in [-0.15, -0.1) is 0 Å². The van der Waals surface area contributed by atoms with Crippen LogP contribution in [0.2, 0.25) is 0 Å². The summed E-state index contributed by atoms with van der Waals surface area (Å²) < 4.78 is 1.42. The number of ketones is 1. The average Bonchev–Trinajstić information content (AvgIpc) is 2.15. The Morgan fingerprint density at radius 1 is 1.50 bits per heavy atom. The normalized spacial score (nSPS) is 10.1. The maximum atomic E-state index is 11.2. The number of unbranched alkanes of at least 4 members (excludes halogenated alkanes) is 1. The van der Waals surface area contributed by atoms with Crippen LogP contribution >= 0.6 is 0 Å². The molecular weight excluding hydrogens is 180 g/mol. The van der Waals surface area contributed by atoms with Crippen molar-refractivity contribution in [1.29, 1.82) is 0 Å². The average molecular weight is 194 g/mol. The molecule has 14 heavy (non-hydrogen) atoms. The minimum Gasteiger partial charge on any atom is -0.300 e. The molecule has 0 N–H and O–H groups in total. The van der Waals surface area contributed by atoms with Gasteiger partial charge in [-0.25, -0.2) is 4.68 Å². The molecule has 0 saturated heterocycles. The van der Waals surface area contributed by atoms with E-state index < -0.39 is 0 Å². The largest absolute Gasteiger partial charge is 0.300 e. The van der Waals surface area contributed by atoms with Gasteiger partial charge in [-0.05, 0) is 25.8 Å². The molecule has 1 aromatic rings. The summed E-state index contributed by atoms with van der Waals surface area (Å²) in [6.07, 6.45) is 3.81. The van der Waals surface area contributed by atoms with Crippen LogP contribution in [0.15, 0.2) is 23.1 Å². The quantitative estimate of drug-likeness (QED) is 0.657. The van der Waals surface area contributed by atoms with E-state index in [-0.39, 0.29) is 11.3 Å². The van der Waals surface area contributed by atoms with Crippen molar-refractivity contribution >= 4 is 5.78 Å². The van der Waals surface area contributed by atoms with Gasteiger partial charge >= 0.3 is 0 Å². The lowest BCUT2D eigenvalue weighted by molar-refractivity contribution is -0.117. The van der Waals surface area contributed by atoms with Crippen molar-refractivity contribution in [3.8, 4) is 0 Å². The lowest BCUT2D eigenvalue weighted by atomic mass is 10.2. The highest BCUT2D eigenvalue weighted by Gasteiger charge is 1.96. The lowest BCUT2D eigenvalue weighted by Gasteiger charge is -2.01. The molecule has 0 aliphatic heterocycles. The summed E-state index contributed by atoms with van der Waals surface area (Å²) in [5, 5.41) is 3.91.